The van der Waals surface area contributed by atoms with Gasteiger partial charge in [-0.2, -0.15) is 17.8 Å². The van der Waals surface area contributed by atoms with E-state index >= 15 is 0 Å². The summed E-state index contributed by atoms with van der Waals surface area (Å²) in [7, 11) is -2.04. The molecular weight excluding hydrogens is 448 g/mol. The maximum absolute atomic E-state index is 12.0. The zero-order chi connectivity index (χ0) is 22.7. The topological polar surface area (TPSA) is 78.0 Å². The minimum atomic E-state index is -3.66. The van der Waals surface area contributed by atoms with Crippen molar-refractivity contribution in [1.82, 2.24) is 10.0 Å². The fourth-order valence-electron chi connectivity index (χ4n) is 5.26. The number of pyridine rings is 1. The van der Waals surface area contributed by atoms with Gasteiger partial charge in [0, 0.05) is 30.5 Å². The first-order chi connectivity index (χ1) is 15.3. The van der Waals surface area contributed by atoms with Crippen LogP contribution in [-0.4, -0.2) is 50.6 Å². The number of hydrogen-bond acceptors (Lipinski definition) is 8. The summed E-state index contributed by atoms with van der Waals surface area (Å²) in [5.74, 6) is 0.743. The average Bonchev–Trinajstić information content (AvgIpc) is 3.41. The molecule has 2 fully saturated rings. The Hall–Kier alpha value is -1.52. The number of aromatic nitrogens is 1. The van der Waals surface area contributed by atoms with Crippen LogP contribution in [0, 0.1) is 0 Å². The first-order valence-corrected chi connectivity index (χ1v) is 13.8. The van der Waals surface area contributed by atoms with Gasteiger partial charge < -0.3 is 9.47 Å². The molecule has 3 heterocycles. The molecule has 4 rings (SSSR count). The van der Waals surface area contributed by atoms with Gasteiger partial charge in [0.2, 0.25) is 0 Å². The first kappa shape index (κ1) is 23.6. The van der Waals surface area contributed by atoms with Gasteiger partial charge in [-0.15, -0.1) is 11.3 Å². The summed E-state index contributed by atoms with van der Waals surface area (Å²) < 4.78 is 41.2. The van der Waals surface area contributed by atoms with E-state index in [9.17, 15) is 8.42 Å². The summed E-state index contributed by atoms with van der Waals surface area (Å²) >= 11 is 1.53. The average molecular weight is 481 g/mol. The van der Waals surface area contributed by atoms with Crippen LogP contribution in [0.3, 0.4) is 0 Å². The molecule has 0 radical (unpaired) electrons. The van der Waals surface area contributed by atoms with Gasteiger partial charge in [-0.1, -0.05) is 18.9 Å². The molecule has 176 valence electrons. The lowest BCUT2D eigenvalue weighted by atomic mass is 9.68. The SMILES string of the molecule is COc1ccsc1CN(CC[C@@]1(c2ccccn2)CCOC2(CCCC2)C1)OS(C)(=O)=O. The largest absolute Gasteiger partial charge is 0.496 e. The second-order valence-corrected chi connectivity index (χ2v) is 11.5. The molecule has 0 N–H and O–H groups in total. The van der Waals surface area contributed by atoms with Crippen LogP contribution in [0.4, 0.5) is 0 Å². The van der Waals surface area contributed by atoms with E-state index in [0.29, 0.717) is 19.7 Å². The fourth-order valence-corrected chi connectivity index (χ4v) is 6.61. The highest BCUT2D eigenvalue weighted by molar-refractivity contribution is 7.85. The van der Waals surface area contributed by atoms with E-state index in [0.717, 1.165) is 54.7 Å². The fraction of sp³-hybridized carbons (Fsp3) is 0.609. The van der Waals surface area contributed by atoms with Crippen LogP contribution in [-0.2, 0) is 31.1 Å². The molecule has 2 aliphatic rings. The molecule has 2 aromatic rings. The molecular formula is C23H32N2O5S2. The first-order valence-electron chi connectivity index (χ1n) is 11.1. The molecule has 1 saturated carbocycles. The van der Waals surface area contributed by atoms with E-state index < -0.39 is 10.1 Å². The van der Waals surface area contributed by atoms with Crippen molar-refractivity contribution in [2.45, 2.75) is 62.5 Å². The van der Waals surface area contributed by atoms with Crippen molar-refractivity contribution in [3.05, 3.63) is 46.4 Å². The third-order valence-corrected chi connectivity index (χ3v) is 8.07. The van der Waals surface area contributed by atoms with Gasteiger partial charge in [-0.25, -0.2) is 0 Å². The molecule has 1 aliphatic carbocycles. The van der Waals surface area contributed by atoms with E-state index in [2.05, 4.69) is 6.07 Å². The third-order valence-electron chi connectivity index (χ3n) is 6.70. The second-order valence-electron chi connectivity index (χ2n) is 8.97. The Morgan fingerprint density at radius 1 is 1.22 bits per heavy atom. The number of thiophene rings is 1. The van der Waals surface area contributed by atoms with Gasteiger partial charge in [-0.3, -0.25) is 4.98 Å². The van der Waals surface area contributed by atoms with Crippen molar-refractivity contribution in [2.75, 3.05) is 26.5 Å². The standard InChI is InChI=1S/C23H32N2O5S2/c1-28-19-8-16-31-20(19)17-25(30-32(2,26)27)14-11-22(21-7-3-6-13-24-21)12-15-29-23(18-22)9-4-5-10-23/h3,6-8,13,16H,4-5,9-12,14-15,17-18H2,1-2H3/t22-/m1/s1. The summed E-state index contributed by atoms with van der Waals surface area (Å²) in [5, 5.41) is 3.48. The number of hydrogen-bond donors (Lipinski definition) is 0. The maximum atomic E-state index is 12.0. The van der Waals surface area contributed by atoms with Gasteiger partial charge in [0.1, 0.15) is 5.75 Å². The van der Waals surface area contributed by atoms with Crippen LogP contribution < -0.4 is 4.74 Å². The minimum absolute atomic E-state index is 0.0880. The van der Waals surface area contributed by atoms with Crippen molar-refractivity contribution in [3.63, 3.8) is 0 Å². The molecule has 7 nitrogen and oxygen atoms in total. The van der Waals surface area contributed by atoms with Crippen LogP contribution >= 0.6 is 11.3 Å². The van der Waals surface area contributed by atoms with Crippen molar-refractivity contribution >= 4 is 21.5 Å². The van der Waals surface area contributed by atoms with Gasteiger partial charge >= 0.3 is 0 Å². The summed E-state index contributed by atoms with van der Waals surface area (Å²) in [6, 6.07) is 7.94. The zero-order valence-corrected chi connectivity index (χ0v) is 20.4. The molecule has 1 aliphatic heterocycles. The Morgan fingerprint density at radius 3 is 2.72 bits per heavy atom. The van der Waals surface area contributed by atoms with Crippen LogP contribution in [0.2, 0.25) is 0 Å². The molecule has 2 aromatic heterocycles. The number of nitrogens with zero attached hydrogens (tertiary/aromatic N) is 2. The Bertz CT molecular complexity index is 989. The molecule has 0 aromatic carbocycles. The molecule has 32 heavy (non-hydrogen) atoms. The van der Waals surface area contributed by atoms with Crippen LogP contribution in [0.5, 0.6) is 5.75 Å². The Kier molecular flexibility index (Phi) is 7.21. The molecule has 1 saturated heterocycles. The zero-order valence-electron chi connectivity index (χ0n) is 18.8. The lowest BCUT2D eigenvalue weighted by Crippen LogP contribution is -2.47. The van der Waals surface area contributed by atoms with Crippen LogP contribution in [0.25, 0.3) is 0 Å². The Labute approximate surface area is 194 Å². The monoisotopic (exact) mass is 480 g/mol. The predicted octanol–water partition coefficient (Wildman–Crippen LogP) is 4.30. The summed E-state index contributed by atoms with van der Waals surface area (Å²) in [5.41, 5.74) is 0.792. The van der Waals surface area contributed by atoms with Crippen molar-refractivity contribution in [2.24, 2.45) is 0 Å². The van der Waals surface area contributed by atoms with E-state index in [4.69, 9.17) is 18.7 Å². The summed E-state index contributed by atoms with van der Waals surface area (Å²) in [6.45, 7) is 1.50. The molecule has 0 bridgehead atoms. The molecule has 0 unspecified atom stereocenters. The molecule has 1 spiro atoms. The van der Waals surface area contributed by atoms with Crippen molar-refractivity contribution in [3.8, 4) is 5.75 Å². The van der Waals surface area contributed by atoms with Crippen molar-refractivity contribution in [1.29, 1.82) is 0 Å². The van der Waals surface area contributed by atoms with E-state index in [-0.39, 0.29) is 11.0 Å². The lowest BCUT2D eigenvalue weighted by molar-refractivity contribution is -0.114. The lowest BCUT2D eigenvalue weighted by Gasteiger charge is -2.47. The smallest absolute Gasteiger partial charge is 0.280 e. The van der Waals surface area contributed by atoms with E-state index in [1.807, 2.05) is 29.8 Å². The molecule has 0 amide bonds. The Morgan fingerprint density at radius 2 is 2.03 bits per heavy atom. The van der Waals surface area contributed by atoms with Crippen LogP contribution in [0.1, 0.15) is 55.5 Å². The molecule has 9 heteroatoms. The highest BCUT2D eigenvalue weighted by Crippen LogP contribution is 2.49. The van der Waals surface area contributed by atoms with Crippen LogP contribution in [0.15, 0.2) is 35.8 Å². The molecule has 1 atom stereocenters. The number of hydroxylamine groups is 2. The number of rotatable bonds is 9. The van der Waals surface area contributed by atoms with Crippen molar-refractivity contribution < 1.29 is 22.2 Å². The third kappa shape index (κ3) is 5.51. The second kappa shape index (κ2) is 9.77. The number of ether oxygens (including phenoxy) is 2. The summed E-state index contributed by atoms with van der Waals surface area (Å²) in [4.78, 5) is 5.67. The summed E-state index contributed by atoms with van der Waals surface area (Å²) in [6.07, 6.45) is 9.98. The van der Waals surface area contributed by atoms with E-state index in [1.165, 1.54) is 24.2 Å². The maximum Gasteiger partial charge on any atom is 0.280 e. The van der Waals surface area contributed by atoms with Gasteiger partial charge in [0.25, 0.3) is 10.1 Å². The normalized spacial score (nSPS) is 23.1. The minimum Gasteiger partial charge on any atom is -0.496 e. The highest BCUT2D eigenvalue weighted by Gasteiger charge is 2.48. The quantitative estimate of drug-likeness (QED) is 0.495. The van der Waals surface area contributed by atoms with Gasteiger partial charge in [0.15, 0.2) is 0 Å². The number of methoxy groups -OCH3 is 1. The highest BCUT2D eigenvalue weighted by atomic mass is 32.2. The van der Waals surface area contributed by atoms with E-state index in [1.54, 1.807) is 12.2 Å². The predicted molar refractivity (Wildman–Crippen MR) is 124 cm³/mol. The van der Waals surface area contributed by atoms with Gasteiger partial charge in [-0.05, 0) is 55.7 Å². The van der Waals surface area contributed by atoms with Gasteiger partial charge in [0.05, 0.1) is 30.4 Å². The Balaban J connectivity index is 1.58.